The van der Waals surface area contributed by atoms with Crippen LogP contribution >= 0.6 is 0 Å². The third-order valence-corrected chi connectivity index (χ3v) is 6.65. The molecule has 2 aliphatic carbocycles. The number of nitrogens with one attached hydrogen (secondary N) is 1. The van der Waals surface area contributed by atoms with E-state index in [9.17, 15) is 0 Å². The van der Waals surface area contributed by atoms with E-state index in [1.54, 1.807) is 0 Å². The highest BCUT2D eigenvalue weighted by Crippen LogP contribution is 2.51. The monoisotopic (exact) mass is 293 g/mol. The highest BCUT2D eigenvalue weighted by Gasteiger charge is 2.43. The maximum absolute atomic E-state index is 3.73. The van der Waals surface area contributed by atoms with Gasteiger partial charge >= 0.3 is 0 Å². The van der Waals surface area contributed by atoms with Crippen LogP contribution in [-0.4, -0.2) is 13.1 Å². The van der Waals surface area contributed by atoms with Crippen molar-refractivity contribution < 1.29 is 0 Å². The molecule has 1 N–H and O–H groups in total. The van der Waals surface area contributed by atoms with Crippen LogP contribution in [0, 0.1) is 22.7 Å². The minimum Gasteiger partial charge on any atom is -0.316 e. The van der Waals surface area contributed by atoms with Gasteiger partial charge in [0.15, 0.2) is 0 Å². The molecule has 0 aromatic carbocycles. The third-order valence-electron chi connectivity index (χ3n) is 6.65. The van der Waals surface area contributed by atoms with Crippen molar-refractivity contribution >= 4 is 0 Å². The molecule has 2 rings (SSSR count). The highest BCUT2D eigenvalue weighted by atomic mass is 14.9. The van der Waals surface area contributed by atoms with Gasteiger partial charge in [-0.2, -0.15) is 0 Å². The van der Waals surface area contributed by atoms with Crippen molar-refractivity contribution in [3.63, 3.8) is 0 Å². The van der Waals surface area contributed by atoms with Crippen molar-refractivity contribution in [1.82, 2.24) is 5.32 Å². The Morgan fingerprint density at radius 3 is 1.95 bits per heavy atom. The van der Waals surface area contributed by atoms with Crippen LogP contribution in [0.25, 0.3) is 0 Å². The molecule has 1 nitrogen and oxygen atoms in total. The topological polar surface area (TPSA) is 12.0 Å². The number of hydrogen-bond acceptors (Lipinski definition) is 1. The fourth-order valence-electron chi connectivity index (χ4n) is 5.05. The van der Waals surface area contributed by atoms with Gasteiger partial charge in [0.05, 0.1) is 0 Å². The Labute approximate surface area is 133 Å². The Hall–Kier alpha value is -0.0400. The predicted octanol–water partition coefficient (Wildman–Crippen LogP) is 5.79. The second-order valence-electron chi connectivity index (χ2n) is 8.97. The normalized spacial score (nSPS) is 32.9. The summed E-state index contributed by atoms with van der Waals surface area (Å²) in [5.74, 6) is 1.94. The van der Waals surface area contributed by atoms with Gasteiger partial charge in [-0.25, -0.2) is 0 Å². The smallest absolute Gasteiger partial charge is 0.00104 e. The quantitative estimate of drug-likeness (QED) is 0.647. The zero-order chi connectivity index (χ0) is 15.3. The van der Waals surface area contributed by atoms with E-state index in [0.717, 1.165) is 18.4 Å². The van der Waals surface area contributed by atoms with Crippen LogP contribution in [0.2, 0.25) is 0 Å². The van der Waals surface area contributed by atoms with E-state index in [2.05, 4.69) is 33.0 Å². The van der Waals surface area contributed by atoms with Crippen LogP contribution in [-0.2, 0) is 0 Å². The molecule has 0 atom stereocenters. The molecule has 1 heteroatoms. The van der Waals surface area contributed by atoms with Gasteiger partial charge in [0.2, 0.25) is 0 Å². The lowest BCUT2D eigenvalue weighted by Crippen LogP contribution is -2.44. The minimum atomic E-state index is 0.508. The van der Waals surface area contributed by atoms with E-state index in [1.807, 2.05) is 0 Å². The molecule has 2 fully saturated rings. The Morgan fingerprint density at radius 1 is 0.905 bits per heavy atom. The summed E-state index contributed by atoms with van der Waals surface area (Å²) >= 11 is 0. The average molecular weight is 294 g/mol. The molecule has 0 aromatic heterocycles. The van der Waals surface area contributed by atoms with E-state index >= 15 is 0 Å². The van der Waals surface area contributed by atoms with Gasteiger partial charge < -0.3 is 5.32 Å². The van der Waals surface area contributed by atoms with Crippen molar-refractivity contribution in [3.8, 4) is 0 Å². The fraction of sp³-hybridized carbons (Fsp3) is 1.00. The zero-order valence-corrected chi connectivity index (χ0v) is 15.1. The van der Waals surface area contributed by atoms with Gasteiger partial charge in [-0.1, -0.05) is 53.4 Å². The van der Waals surface area contributed by atoms with Crippen molar-refractivity contribution in [3.05, 3.63) is 0 Å². The zero-order valence-electron chi connectivity index (χ0n) is 15.1. The van der Waals surface area contributed by atoms with Crippen LogP contribution in [0.15, 0.2) is 0 Å². The average Bonchev–Trinajstić information content (AvgIpc) is 2.74. The van der Waals surface area contributed by atoms with Crippen molar-refractivity contribution in [2.24, 2.45) is 22.7 Å². The maximum atomic E-state index is 3.73. The van der Waals surface area contributed by atoms with Gasteiger partial charge in [0.1, 0.15) is 0 Å². The molecule has 0 radical (unpaired) electrons. The van der Waals surface area contributed by atoms with Crippen LogP contribution in [0.3, 0.4) is 0 Å². The minimum absolute atomic E-state index is 0.508. The second kappa shape index (κ2) is 7.49. The van der Waals surface area contributed by atoms with Gasteiger partial charge in [-0.05, 0) is 67.7 Å². The van der Waals surface area contributed by atoms with Crippen molar-refractivity contribution in [2.45, 2.75) is 91.9 Å². The first-order chi connectivity index (χ1) is 9.98. The summed E-state index contributed by atoms with van der Waals surface area (Å²) in [5, 5.41) is 3.73. The van der Waals surface area contributed by atoms with Gasteiger partial charge in [-0.3, -0.25) is 0 Å². The molecule has 2 saturated carbocycles. The van der Waals surface area contributed by atoms with Gasteiger partial charge in [0.25, 0.3) is 0 Å². The van der Waals surface area contributed by atoms with Crippen molar-refractivity contribution in [1.29, 1.82) is 0 Å². The molecule has 124 valence electrons. The summed E-state index contributed by atoms with van der Waals surface area (Å²) in [7, 11) is 0. The molecule has 0 heterocycles. The van der Waals surface area contributed by atoms with E-state index in [0.29, 0.717) is 10.8 Å². The lowest BCUT2D eigenvalue weighted by atomic mass is 9.58. The summed E-state index contributed by atoms with van der Waals surface area (Å²) in [6.45, 7) is 12.0. The van der Waals surface area contributed by atoms with Crippen LogP contribution in [0.5, 0.6) is 0 Å². The maximum Gasteiger partial charge on any atom is 0.00104 e. The van der Waals surface area contributed by atoms with Crippen LogP contribution in [0.4, 0.5) is 0 Å². The van der Waals surface area contributed by atoms with E-state index in [-0.39, 0.29) is 0 Å². The molecule has 0 aliphatic heterocycles. The summed E-state index contributed by atoms with van der Waals surface area (Å²) in [6.07, 6.45) is 14.8. The molecule has 0 amide bonds. The molecule has 2 aliphatic rings. The Bertz CT molecular complexity index is 285. The molecule has 21 heavy (non-hydrogen) atoms. The lowest BCUT2D eigenvalue weighted by Gasteiger charge is -2.48. The number of hydrogen-bond donors (Lipinski definition) is 1. The SMILES string of the molecule is CCNCC1(C2CCCCCC2)CCC(C(C)(C)C)CC1. The third kappa shape index (κ3) is 4.47. The van der Waals surface area contributed by atoms with Crippen LogP contribution < -0.4 is 5.32 Å². The van der Waals surface area contributed by atoms with Crippen molar-refractivity contribution in [2.75, 3.05) is 13.1 Å². The largest absolute Gasteiger partial charge is 0.316 e. The molecule has 0 unspecified atom stereocenters. The van der Waals surface area contributed by atoms with Gasteiger partial charge in [-0.15, -0.1) is 0 Å². The summed E-state index contributed by atoms with van der Waals surface area (Å²) in [5.41, 5.74) is 1.13. The summed E-state index contributed by atoms with van der Waals surface area (Å²) in [4.78, 5) is 0. The van der Waals surface area contributed by atoms with E-state index in [4.69, 9.17) is 0 Å². The highest BCUT2D eigenvalue weighted by molar-refractivity contribution is 4.95. The first-order valence-electron chi connectivity index (χ1n) is 9.69. The van der Waals surface area contributed by atoms with E-state index in [1.165, 1.54) is 70.8 Å². The molecular formula is C20H39N. The van der Waals surface area contributed by atoms with Gasteiger partial charge in [0, 0.05) is 6.54 Å². The predicted molar refractivity (Wildman–Crippen MR) is 93.6 cm³/mol. The van der Waals surface area contributed by atoms with Crippen LogP contribution in [0.1, 0.15) is 91.9 Å². The molecule has 0 aromatic rings. The molecule has 0 saturated heterocycles. The molecular weight excluding hydrogens is 254 g/mol. The first-order valence-corrected chi connectivity index (χ1v) is 9.69. The number of rotatable bonds is 4. The lowest BCUT2D eigenvalue weighted by molar-refractivity contribution is 0.0322. The Balaban J connectivity index is 2.04. The summed E-state index contributed by atoms with van der Waals surface area (Å²) in [6, 6.07) is 0. The molecule has 0 bridgehead atoms. The first kappa shape index (κ1) is 17.3. The summed E-state index contributed by atoms with van der Waals surface area (Å²) < 4.78 is 0. The fourth-order valence-corrected chi connectivity index (χ4v) is 5.05. The molecule has 0 spiro atoms. The standard InChI is InChI=1S/C20H39N/c1-5-21-16-20(18-10-8-6-7-9-11-18)14-12-17(13-15-20)19(2,3)4/h17-18,21H,5-16H2,1-4H3. The second-order valence-corrected chi connectivity index (χ2v) is 8.97. The van der Waals surface area contributed by atoms with E-state index < -0.39 is 0 Å². The Morgan fingerprint density at radius 2 is 1.48 bits per heavy atom. The Kier molecular flexibility index (Phi) is 6.17.